The molecule has 0 saturated carbocycles. The summed E-state index contributed by atoms with van der Waals surface area (Å²) >= 11 is 3.53. The number of benzene rings is 2. The lowest BCUT2D eigenvalue weighted by Gasteiger charge is -2.24. The molecule has 7 nitrogen and oxygen atoms in total. The lowest BCUT2D eigenvalue weighted by Crippen LogP contribution is -2.34. The molecule has 0 fully saturated rings. The molecule has 1 aromatic heterocycles. The fourth-order valence-electron chi connectivity index (χ4n) is 3.80. The van der Waals surface area contributed by atoms with Gasteiger partial charge < -0.3 is 14.0 Å². The van der Waals surface area contributed by atoms with E-state index in [-0.39, 0.29) is 24.1 Å². The van der Waals surface area contributed by atoms with Crippen LogP contribution in [0.15, 0.2) is 51.9 Å². The number of ether oxygens (including phenoxy) is 2. The number of halogens is 1. The molecule has 0 aliphatic carbocycles. The minimum atomic E-state index is -4.07. The van der Waals surface area contributed by atoms with Crippen molar-refractivity contribution in [1.29, 1.82) is 0 Å². The van der Waals surface area contributed by atoms with E-state index in [0.717, 1.165) is 32.7 Å². The van der Waals surface area contributed by atoms with E-state index < -0.39 is 10.0 Å². The smallest absolute Gasteiger partial charge is 0.269 e. The number of rotatable bonds is 12. The van der Waals surface area contributed by atoms with Crippen LogP contribution in [0, 0.1) is 19.8 Å². The maximum atomic E-state index is 14.1. The lowest BCUT2D eigenvalue weighted by atomic mass is 9.92. The molecular formula is C26H33BrN2O5S. The quantitative estimate of drug-likeness (QED) is 0.155. The predicted octanol–water partition coefficient (Wildman–Crippen LogP) is 5.87. The number of hydrogen-bond donors (Lipinski definition) is 0. The molecule has 0 atom stereocenters. The first-order valence-electron chi connectivity index (χ1n) is 11.5. The van der Waals surface area contributed by atoms with Gasteiger partial charge in [0.2, 0.25) is 5.88 Å². The van der Waals surface area contributed by atoms with Gasteiger partial charge in [0.05, 0.1) is 23.8 Å². The molecule has 0 radical (unpaired) electrons. The summed E-state index contributed by atoms with van der Waals surface area (Å²) < 4.78 is 45.5. The molecule has 0 amide bonds. The van der Waals surface area contributed by atoms with Crippen LogP contribution in [0.5, 0.6) is 0 Å². The molecule has 0 spiro atoms. The Morgan fingerprint density at radius 1 is 1.09 bits per heavy atom. The Balaban J connectivity index is 2.14. The van der Waals surface area contributed by atoms with Crippen molar-refractivity contribution >= 4 is 31.8 Å². The van der Waals surface area contributed by atoms with Crippen LogP contribution in [0.1, 0.15) is 36.2 Å². The van der Waals surface area contributed by atoms with E-state index in [0.29, 0.717) is 29.3 Å². The van der Waals surface area contributed by atoms with Gasteiger partial charge in [0.1, 0.15) is 6.73 Å². The highest BCUT2D eigenvalue weighted by Crippen LogP contribution is 2.36. The third kappa shape index (κ3) is 6.33. The number of aryl methyl sites for hydroxylation is 1. The standard InChI is InChI=1S/C26H33BrN2O5S/c1-18(2)14-22-15-21(16-27)10-11-23(22)24-8-6-7-9-25(24)35(30,31)29(17-33-13-12-32-5)26-19(3)20(4)28-34-26/h6-11,15,18H,12-14,16-17H2,1-5H3. The molecule has 0 bridgehead atoms. The Hall–Kier alpha value is -2.20. The van der Waals surface area contributed by atoms with Crippen molar-refractivity contribution in [2.45, 2.75) is 44.3 Å². The third-order valence-corrected chi connectivity index (χ3v) is 8.11. The first-order valence-corrected chi connectivity index (χ1v) is 14.1. The molecule has 0 N–H and O–H groups in total. The van der Waals surface area contributed by atoms with Crippen LogP contribution in [0.4, 0.5) is 5.88 Å². The van der Waals surface area contributed by atoms with Crippen LogP contribution in [0.25, 0.3) is 11.1 Å². The van der Waals surface area contributed by atoms with E-state index in [2.05, 4.69) is 41.0 Å². The van der Waals surface area contributed by atoms with E-state index in [9.17, 15) is 8.42 Å². The SMILES string of the molecule is COCCOCN(c1onc(C)c1C)S(=O)(=O)c1ccccc1-c1ccc(CBr)cc1CC(C)C. The van der Waals surface area contributed by atoms with Crippen molar-refractivity contribution in [2.75, 3.05) is 31.4 Å². The summed E-state index contributed by atoms with van der Waals surface area (Å²) in [6.45, 7) is 8.22. The van der Waals surface area contributed by atoms with Crippen LogP contribution in [0.2, 0.25) is 0 Å². The van der Waals surface area contributed by atoms with Crippen LogP contribution in [-0.4, -0.2) is 40.6 Å². The van der Waals surface area contributed by atoms with Crippen LogP contribution in [0.3, 0.4) is 0 Å². The molecule has 0 aliphatic heterocycles. The molecule has 3 rings (SSSR count). The minimum absolute atomic E-state index is 0.145. The summed E-state index contributed by atoms with van der Waals surface area (Å²) in [4.78, 5) is 0.181. The number of nitrogens with zero attached hydrogens (tertiary/aromatic N) is 2. The van der Waals surface area contributed by atoms with Gasteiger partial charge >= 0.3 is 0 Å². The maximum absolute atomic E-state index is 14.1. The van der Waals surface area contributed by atoms with Crippen LogP contribution >= 0.6 is 15.9 Å². The summed E-state index contributed by atoms with van der Waals surface area (Å²) in [5.41, 5.74) is 5.05. The van der Waals surface area contributed by atoms with Gasteiger partial charge in [-0.2, -0.15) is 0 Å². The molecule has 0 aliphatic rings. The Morgan fingerprint density at radius 2 is 1.83 bits per heavy atom. The average Bonchev–Trinajstić information content (AvgIpc) is 3.16. The Kier molecular flexibility index (Phi) is 9.52. The summed E-state index contributed by atoms with van der Waals surface area (Å²) in [6, 6.07) is 13.2. The van der Waals surface area contributed by atoms with Gasteiger partial charge in [-0.15, -0.1) is 0 Å². The average molecular weight is 566 g/mol. The lowest BCUT2D eigenvalue weighted by molar-refractivity contribution is 0.0744. The van der Waals surface area contributed by atoms with Crippen molar-refractivity contribution in [2.24, 2.45) is 5.92 Å². The summed E-state index contributed by atoms with van der Waals surface area (Å²) in [6.07, 6.45) is 0.828. The summed E-state index contributed by atoms with van der Waals surface area (Å²) in [7, 11) is -2.50. The van der Waals surface area contributed by atoms with Gasteiger partial charge in [-0.25, -0.2) is 12.7 Å². The number of methoxy groups -OCH3 is 1. The molecule has 9 heteroatoms. The number of sulfonamides is 1. The van der Waals surface area contributed by atoms with E-state index in [4.69, 9.17) is 14.0 Å². The van der Waals surface area contributed by atoms with Crippen LogP contribution in [-0.2, 0) is 31.2 Å². The summed E-state index contributed by atoms with van der Waals surface area (Å²) in [5, 5.41) is 4.70. The zero-order chi connectivity index (χ0) is 25.6. The van der Waals surface area contributed by atoms with Crippen molar-refractivity contribution < 1.29 is 22.4 Å². The zero-order valence-electron chi connectivity index (χ0n) is 20.9. The molecule has 2 aromatic carbocycles. The second kappa shape index (κ2) is 12.2. The molecular weight excluding hydrogens is 532 g/mol. The highest BCUT2D eigenvalue weighted by atomic mass is 79.9. The highest BCUT2D eigenvalue weighted by Gasteiger charge is 2.32. The monoisotopic (exact) mass is 564 g/mol. The topological polar surface area (TPSA) is 81.9 Å². The van der Waals surface area contributed by atoms with Gasteiger partial charge in [-0.3, -0.25) is 0 Å². The normalized spacial score (nSPS) is 11.9. The predicted molar refractivity (Wildman–Crippen MR) is 141 cm³/mol. The fourth-order valence-corrected chi connectivity index (χ4v) is 5.69. The Morgan fingerprint density at radius 3 is 2.46 bits per heavy atom. The number of anilines is 1. The Bertz CT molecular complexity index is 1240. The first-order chi connectivity index (χ1) is 16.7. The highest BCUT2D eigenvalue weighted by molar-refractivity contribution is 9.08. The molecule has 35 heavy (non-hydrogen) atoms. The maximum Gasteiger partial charge on any atom is 0.269 e. The van der Waals surface area contributed by atoms with Crippen molar-refractivity contribution in [1.82, 2.24) is 5.16 Å². The van der Waals surface area contributed by atoms with E-state index in [1.807, 2.05) is 24.3 Å². The molecule has 3 aromatic rings. The first kappa shape index (κ1) is 27.4. The van der Waals surface area contributed by atoms with Gasteiger partial charge in [-0.1, -0.05) is 71.3 Å². The second-order valence-corrected chi connectivity index (χ2v) is 11.2. The van der Waals surface area contributed by atoms with Gasteiger partial charge in [0, 0.05) is 23.6 Å². The van der Waals surface area contributed by atoms with Crippen molar-refractivity contribution in [3.05, 3.63) is 64.8 Å². The number of hydrogen-bond acceptors (Lipinski definition) is 6. The fraction of sp³-hybridized carbons (Fsp3) is 0.423. The molecule has 190 valence electrons. The van der Waals surface area contributed by atoms with Gasteiger partial charge in [0.25, 0.3) is 10.0 Å². The van der Waals surface area contributed by atoms with Crippen molar-refractivity contribution in [3.63, 3.8) is 0 Å². The Labute approximate surface area is 216 Å². The molecule has 0 saturated heterocycles. The third-order valence-electron chi connectivity index (χ3n) is 5.70. The largest absolute Gasteiger partial charge is 0.382 e. The molecule has 1 heterocycles. The molecule has 0 unspecified atom stereocenters. The zero-order valence-corrected chi connectivity index (χ0v) is 23.3. The summed E-state index contributed by atoms with van der Waals surface area (Å²) in [5.74, 6) is 0.556. The number of aromatic nitrogens is 1. The van der Waals surface area contributed by atoms with E-state index in [1.165, 1.54) is 0 Å². The van der Waals surface area contributed by atoms with E-state index in [1.54, 1.807) is 33.1 Å². The van der Waals surface area contributed by atoms with Crippen LogP contribution < -0.4 is 4.31 Å². The van der Waals surface area contributed by atoms with Gasteiger partial charge in [-0.05, 0) is 48.9 Å². The van der Waals surface area contributed by atoms with E-state index >= 15 is 0 Å². The number of alkyl halides is 1. The minimum Gasteiger partial charge on any atom is -0.382 e. The van der Waals surface area contributed by atoms with Crippen molar-refractivity contribution in [3.8, 4) is 11.1 Å². The second-order valence-electron chi connectivity index (χ2n) is 8.80. The van der Waals surface area contributed by atoms with Gasteiger partial charge in [0.15, 0.2) is 0 Å².